The average molecular weight is 461 g/mol. The lowest BCUT2D eigenvalue weighted by Crippen LogP contribution is -2.17. The van der Waals surface area contributed by atoms with Gasteiger partial charge in [-0.15, -0.1) is 13.2 Å². The molecule has 4 rings (SSSR count). The number of halogens is 4. The van der Waals surface area contributed by atoms with E-state index in [0.717, 1.165) is 29.3 Å². The number of alkyl halides is 3. The van der Waals surface area contributed by atoms with Gasteiger partial charge in [0.05, 0.1) is 24.7 Å². The van der Waals surface area contributed by atoms with E-state index in [1.165, 1.54) is 14.2 Å². The number of benzene rings is 2. The lowest BCUT2D eigenvalue weighted by molar-refractivity contribution is -0.274. The van der Waals surface area contributed by atoms with E-state index in [1.54, 1.807) is 16.8 Å². The van der Waals surface area contributed by atoms with Crippen molar-refractivity contribution in [1.29, 1.82) is 0 Å². The molecule has 2 aromatic carbocycles. The summed E-state index contributed by atoms with van der Waals surface area (Å²) in [6.07, 6.45) is -3.21. The highest BCUT2D eigenvalue weighted by molar-refractivity contribution is 5.82. The third-order valence-electron chi connectivity index (χ3n) is 4.96. The number of pyridine rings is 1. The first-order chi connectivity index (χ1) is 15.8. The number of rotatable bonds is 7. The Labute approximate surface area is 186 Å². The normalized spacial score (nSPS) is 11.7. The van der Waals surface area contributed by atoms with Gasteiger partial charge in [-0.1, -0.05) is 6.07 Å². The Bertz CT molecular complexity index is 1270. The number of aromatic nitrogens is 3. The van der Waals surface area contributed by atoms with Crippen LogP contribution < -0.4 is 9.47 Å². The van der Waals surface area contributed by atoms with Crippen LogP contribution in [0.3, 0.4) is 0 Å². The molecule has 6 nitrogen and oxygen atoms in total. The second kappa shape index (κ2) is 9.07. The van der Waals surface area contributed by atoms with Crippen LogP contribution in [0.1, 0.15) is 11.4 Å². The highest BCUT2D eigenvalue weighted by Crippen LogP contribution is 2.29. The van der Waals surface area contributed by atoms with E-state index in [-0.39, 0.29) is 18.7 Å². The van der Waals surface area contributed by atoms with Crippen LogP contribution in [0.5, 0.6) is 11.6 Å². The molecular weight excluding hydrogens is 442 g/mol. The summed E-state index contributed by atoms with van der Waals surface area (Å²) < 4.78 is 68.3. The number of nitrogens with zero attached hydrogens (tertiary/aromatic N) is 3. The van der Waals surface area contributed by atoms with Crippen molar-refractivity contribution in [3.8, 4) is 22.8 Å². The van der Waals surface area contributed by atoms with E-state index in [0.29, 0.717) is 22.7 Å². The third-order valence-corrected chi connectivity index (χ3v) is 4.96. The molecular formula is C23H19F4N3O3. The summed E-state index contributed by atoms with van der Waals surface area (Å²) in [4.78, 5) is 8.75. The van der Waals surface area contributed by atoms with Gasteiger partial charge in [0, 0.05) is 30.5 Å². The summed E-state index contributed by atoms with van der Waals surface area (Å²) in [6.45, 7) is 0.0644. The van der Waals surface area contributed by atoms with E-state index in [9.17, 15) is 17.6 Å². The smallest absolute Gasteiger partial charge is 0.481 e. The van der Waals surface area contributed by atoms with Crippen molar-refractivity contribution in [2.45, 2.75) is 19.5 Å². The maximum absolute atomic E-state index is 14.5. The Kier molecular flexibility index (Phi) is 6.19. The molecule has 0 N–H and O–H groups in total. The Balaban J connectivity index is 1.77. The molecule has 0 radical (unpaired) electrons. The zero-order chi connectivity index (χ0) is 23.6. The van der Waals surface area contributed by atoms with Crippen molar-refractivity contribution in [3.63, 3.8) is 0 Å². The first-order valence-electron chi connectivity index (χ1n) is 9.80. The van der Waals surface area contributed by atoms with Gasteiger partial charge < -0.3 is 18.8 Å². The number of fused-ring (bicyclic) bond motifs is 1. The molecule has 4 aromatic rings. The Morgan fingerprint density at radius 1 is 0.970 bits per heavy atom. The van der Waals surface area contributed by atoms with Crippen LogP contribution in [0, 0.1) is 5.82 Å². The van der Waals surface area contributed by atoms with Crippen LogP contribution in [-0.2, 0) is 17.9 Å². The highest BCUT2D eigenvalue weighted by Gasteiger charge is 2.31. The molecule has 0 bridgehead atoms. The van der Waals surface area contributed by atoms with Gasteiger partial charge in [0.25, 0.3) is 0 Å². The molecule has 0 aliphatic rings. The van der Waals surface area contributed by atoms with Crippen LogP contribution in [0.15, 0.2) is 54.7 Å². The number of imidazole rings is 1. The number of hydrogen-bond acceptors (Lipinski definition) is 5. The van der Waals surface area contributed by atoms with E-state index < -0.39 is 17.9 Å². The molecule has 2 heterocycles. The van der Waals surface area contributed by atoms with Gasteiger partial charge in [-0.05, 0) is 42.0 Å². The molecule has 0 aliphatic carbocycles. The van der Waals surface area contributed by atoms with Crippen molar-refractivity contribution in [1.82, 2.24) is 14.5 Å². The minimum Gasteiger partial charge on any atom is -0.481 e. The molecule has 33 heavy (non-hydrogen) atoms. The first kappa shape index (κ1) is 22.5. The second-order valence-electron chi connectivity index (χ2n) is 7.14. The minimum absolute atomic E-state index is 0.0184. The summed E-state index contributed by atoms with van der Waals surface area (Å²) in [7, 11) is 3.02. The molecule has 0 unspecified atom stereocenters. The predicted molar refractivity (Wildman–Crippen MR) is 112 cm³/mol. The first-order valence-corrected chi connectivity index (χ1v) is 9.80. The number of hydrogen-bond donors (Lipinski definition) is 0. The predicted octanol–water partition coefficient (Wildman–Crippen LogP) is 5.34. The van der Waals surface area contributed by atoms with Crippen molar-refractivity contribution in [2.75, 3.05) is 14.2 Å². The zero-order valence-electron chi connectivity index (χ0n) is 17.7. The molecule has 0 amide bonds. The van der Waals surface area contributed by atoms with Gasteiger partial charge in [0.15, 0.2) is 0 Å². The summed E-state index contributed by atoms with van der Waals surface area (Å²) in [5, 5.41) is 0. The topological polar surface area (TPSA) is 58.4 Å². The molecule has 0 saturated heterocycles. The Morgan fingerprint density at radius 2 is 1.76 bits per heavy atom. The lowest BCUT2D eigenvalue weighted by atomic mass is 10.1. The van der Waals surface area contributed by atoms with Crippen LogP contribution in [0.4, 0.5) is 17.6 Å². The van der Waals surface area contributed by atoms with Crippen LogP contribution in [0.2, 0.25) is 0 Å². The molecule has 10 heteroatoms. The number of methoxy groups -OCH3 is 2. The molecule has 0 aliphatic heterocycles. The lowest BCUT2D eigenvalue weighted by Gasteiger charge is -2.13. The molecule has 0 fully saturated rings. The second-order valence-corrected chi connectivity index (χ2v) is 7.14. The molecule has 2 aromatic heterocycles. The molecule has 0 atom stereocenters. The minimum atomic E-state index is -4.88. The summed E-state index contributed by atoms with van der Waals surface area (Å²) in [6, 6.07) is 12.0. The zero-order valence-corrected chi connectivity index (χ0v) is 17.7. The van der Waals surface area contributed by atoms with Crippen molar-refractivity contribution < 1.29 is 31.8 Å². The van der Waals surface area contributed by atoms with E-state index >= 15 is 0 Å². The van der Waals surface area contributed by atoms with Crippen LogP contribution in [-0.4, -0.2) is 35.1 Å². The van der Waals surface area contributed by atoms with E-state index in [1.807, 2.05) is 24.3 Å². The number of ether oxygens (including phenoxy) is 3. The van der Waals surface area contributed by atoms with Crippen molar-refractivity contribution in [2.24, 2.45) is 0 Å². The third kappa shape index (κ3) is 5.06. The Morgan fingerprint density at radius 3 is 2.42 bits per heavy atom. The van der Waals surface area contributed by atoms with Gasteiger partial charge >= 0.3 is 6.36 Å². The standard InChI is InChI=1S/C23H19F4N3O3/c1-31-13-21-29-19-7-3-14(15-4-8-22(32-2)28-11-15)10-20(19)30(21)12-16-9-17(5-6-18(16)24)33-23(25,26)27/h3-11H,12-13H2,1-2H3. The van der Waals surface area contributed by atoms with Gasteiger partial charge in [0.2, 0.25) is 5.88 Å². The fraction of sp³-hybridized carbons (Fsp3) is 0.217. The maximum atomic E-state index is 14.5. The quantitative estimate of drug-likeness (QED) is 0.348. The largest absolute Gasteiger partial charge is 0.573 e. The monoisotopic (exact) mass is 461 g/mol. The summed E-state index contributed by atoms with van der Waals surface area (Å²) >= 11 is 0. The van der Waals surface area contributed by atoms with Gasteiger partial charge in [0.1, 0.15) is 24.0 Å². The fourth-order valence-corrected chi connectivity index (χ4v) is 3.48. The fourth-order valence-electron chi connectivity index (χ4n) is 3.48. The van der Waals surface area contributed by atoms with Crippen molar-refractivity contribution >= 4 is 11.0 Å². The summed E-state index contributed by atoms with van der Waals surface area (Å²) in [5.41, 5.74) is 2.97. The molecule has 172 valence electrons. The molecule has 0 saturated carbocycles. The van der Waals surface area contributed by atoms with Crippen LogP contribution in [0.25, 0.3) is 22.2 Å². The molecule has 0 spiro atoms. The van der Waals surface area contributed by atoms with Gasteiger partial charge in [-0.25, -0.2) is 14.4 Å². The van der Waals surface area contributed by atoms with Crippen molar-refractivity contribution in [3.05, 3.63) is 71.9 Å². The average Bonchev–Trinajstić information content (AvgIpc) is 3.11. The SMILES string of the molecule is COCc1nc2ccc(-c3ccc(OC)nc3)cc2n1Cc1cc(OC(F)(F)F)ccc1F. The van der Waals surface area contributed by atoms with Crippen LogP contribution >= 0.6 is 0 Å². The van der Waals surface area contributed by atoms with E-state index in [4.69, 9.17) is 9.47 Å². The van der Waals surface area contributed by atoms with Gasteiger partial charge in [-0.3, -0.25) is 0 Å². The summed E-state index contributed by atoms with van der Waals surface area (Å²) in [5.74, 6) is -0.186. The van der Waals surface area contributed by atoms with Gasteiger partial charge in [-0.2, -0.15) is 0 Å². The van der Waals surface area contributed by atoms with E-state index in [2.05, 4.69) is 14.7 Å². The Hall–Kier alpha value is -3.66. The maximum Gasteiger partial charge on any atom is 0.573 e. The highest BCUT2D eigenvalue weighted by atomic mass is 19.4.